The van der Waals surface area contributed by atoms with Crippen molar-refractivity contribution in [2.24, 2.45) is 11.0 Å². The Kier molecular flexibility index (Phi) is 5.62. The molecule has 2 aromatic rings. The number of hydrogen-bond donors (Lipinski definition) is 2. The van der Waals surface area contributed by atoms with Gasteiger partial charge in [0.1, 0.15) is 0 Å². The van der Waals surface area contributed by atoms with Crippen LogP contribution in [0.2, 0.25) is 5.02 Å². The maximum absolute atomic E-state index is 12.7. The zero-order valence-electron chi connectivity index (χ0n) is 14.0. The standard InChI is InChI=1S/C17H12ClN5O4S/c18-10-1-5-12(6-2-10)22-16(25)14(15(24)20-17(22)28)9-19-21-11-3-7-13(8-4-11)23(26)27/h1-9,14,21H,(H,20,24,28)/b19-9-/t14-/m1/s1. The Morgan fingerprint density at radius 3 is 2.43 bits per heavy atom. The monoisotopic (exact) mass is 417 g/mol. The summed E-state index contributed by atoms with van der Waals surface area (Å²) >= 11 is 11.0. The first-order chi connectivity index (χ1) is 13.4. The Hall–Kier alpha value is -3.37. The van der Waals surface area contributed by atoms with E-state index in [9.17, 15) is 19.7 Å². The molecule has 1 saturated heterocycles. The molecule has 1 aliphatic rings. The Bertz CT molecular complexity index is 978. The van der Waals surface area contributed by atoms with Gasteiger partial charge < -0.3 is 5.32 Å². The van der Waals surface area contributed by atoms with E-state index in [1.807, 2.05) is 0 Å². The maximum atomic E-state index is 12.7. The van der Waals surface area contributed by atoms with Crippen LogP contribution in [0.5, 0.6) is 0 Å². The van der Waals surface area contributed by atoms with Gasteiger partial charge in [-0.2, -0.15) is 5.10 Å². The van der Waals surface area contributed by atoms with Gasteiger partial charge in [-0.15, -0.1) is 0 Å². The number of nitro benzene ring substituents is 1. The maximum Gasteiger partial charge on any atom is 0.269 e. The van der Waals surface area contributed by atoms with Gasteiger partial charge in [0.2, 0.25) is 5.91 Å². The average Bonchev–Trinajstić information content (AvgIpc) is 2.66. The number of hydrogen-bond acceptors (Lipinski definition) is 7. The molecule has 2 N–H and O–H groups in total. The lowest BCUT2D eigenvalue weighted by molar-refractivity contribution is -0.384. The summed E-state index contributed by atoms with van der Waals surface area (Å²) in [5, 5.41) is 17.5. The van der Waals surface area contributed by atoms with Crippen LogP contribution in [0.1, 0.15) is 0 Å². The third kappa shape index (κ3) is 4.13. The molecule has 1 atom stereocenters. The fourth-order valence-corrected chi connectivity index (χ4v) is 2.82. The zero-order valence-corrected chi connectivity index (χ0v) is 15.6. The lowest BCUT2D eigenvalue weighted by Crippen LogP contribution is -2.58. The van der Waals surface area contributed by atoms with Gasteiger partial charge in [-0.1, -0.05) is 11.6 Å². The number of nitro groups is 1. The van der Waals surface area contributed by atoms with Crippen LogP contribution in [0.15, 0.2) is 53.6 Å². The molecule has 0 unspecified atom stereocenters. The third-order valence-electron chi connectivity index (χ3n) is 3.78. The third-order valence-corrected chi connectivity index (χ3v) is 4.32. The second-order valence-corrected chi connectivity index (χ2v) is 6.44. The van der Waals surface area contributed by atoms with E-state index in [0.29, 0.717) is 16.4 Å². The van der Waals surface area contributed by atoms with Crippen LogP contribution in [0.4, 0.5) is 17.1 Å². The first-order valence-corrected chi connectivity index (χ1v) is 8.63. The second-order valence-electron chi connectivity index (χ2n) is 5.62. The topological polar surface area (TPSA) is 117 Å². The van der Waals surface area contributed by atoms with Crippen molar-refractivity contribution in [2.75, 3.05) is 10.3 Å². The molecule has 1 fully saturated rings. The molecule has 1 heterocycles. The van der Waals surface area contributed by atoms with Gasteiger partial charge in [-0.25, -0.2) is 0 Å². The number of benzene rings is 2. The Morgan fingerprint density at radius 1 is 1.18 bits per heavy atom. The van der Waals surface area contributed by atoms with E-state index in [1.165, 1.54) is 29.2 Å². The molecule has 28 heavy (non-hydrogen) atoms. The average molecular weight is 418 g/mol. The number of hydrazone groups is 1. The van der Waals surface area contributed by atoms with Gasteiger partial charge in [0.15, 0.2) is 11.0 Å². The summed E-state index contributed by atoms with van der Waals surface area (Å²) in [6.45, 7) is 0. The number of thiocarbonyl (C=S) groups is 1. The highest BCUT2D eigenvalue weighted by Crippen LogP contribution is 2.22. The van der Waals surface area contributed by atoms with Crippen molar-refractivity contribution in [2.45, 2.75) is 0 Å². The van der Waals surface area contributed by atoms with E-state index in [1.54, 1.807) is 24.3 Å². The number of non-ortho nitro benzene ring substituents is 1. The highest BCUT2D eigenvalue weighted by Gasteiger charge is 2.38. The fourth-order valence-electron chi connectivity index (χ4n) is 2.40. The summed E-state index contributed by atoms with van der Waals surface area (Å²) in [5.74, 6) is -2.37. The number of nitrogens with zero attached hydrogens (tertiary/aromatic N) is 3. The molecule has 9 nitrogen and oxygen atoms in total. The zero-order chi connectivity index (χ0) is 20.3. The molecule has 2 amide bonds. The van der Waals surface area contributed by atoms with Crippen LogP contribution < -0.4 is 15.6 Å². The lowest BCUT2D eigenvalue weighted by Gasteiger charge is -2.30. The number of nitrogens with one attached hydrogen (secondary N) is 2. The molecule has 142 valence electrons. The SMILES string of the molecule is O=C1NC(=S)N(c2ccc(Cl)cc2)C(=O)[C@@H]1/C=N\Nc1ccc([N+](=O)[O-])cc1. The molecular formula is C17H12ClN5O4S. The van der Waals surface area contributed by atoms with Crippen LogP contribution in [0.25, 0.3) is 0 Å². The van der Waals surface area contributed by atoms with Gasteiger partial charge in [0.05, 0.1) is 16.3 Å². The number of halogens is 1. The van der Waals surface area contributed by atoms with Gasteiger partial charge in [-0.3, -0.25) is 30.0 Å². The summed E-state index contributed by atoms with van der Waals surface area (Å²) in [5.41, 5.74) is 3.47. The van der Waals surface area contributed by atoms with Crippen LogP contribution in [-0.4, -0.2) is 28.1 Å². The summed E-state index contributed by atoms with van der Waals surface area (Å²) in [4.78, 5) is 36.2. The minimum atomic E-state index is -1.20. The number of carbonyl (C=O) groups is 2. The minimum absolute atomic E-state index is 0.0368. The first-order valence-electron chi connectivity index (χ1n) is 7.85. The smallest absolute Gasteiger partial charge is 0.269 e. The van der Waals surface area contributed by atoms with Crippen LogP contribution in [0.3, 0.4) is 0 Å². The molecule has 0 bridgehead atoms. The van der Waals surface area contributed by atoms with Crippen molar-refractivity contribution in [3.05, 3.63) is 63.7 Å². The highest BCUT2D eigenvalue weighted by molar-refractivity contribution is 7.80. The second kappa shape index (κ2) is 8.11. The van der Waals surface area contributed by atoms with Crippen LogP contribution >= 0.6 is 23.8 Å². The summed E-state index contributed by atoms with van der Waals surface area (Å²) in [6.07, 6.45) is 1.14. The van der Waals surface area contributed by atoms with Crippen molar-refractivity contribution < 1.29 is 14.5 Å². The van der Waals surface area contributed by atoms with Crippen LogP contribution in [0, 0.1) is 16.0 Å². The molecule has 0 spiro atoms. The molecule has 1 aliphatic heterocycles. The van der Waals surface area contributed by atoms with Crippen molar-refractivity contribution in [1.82, 2.24) is 5.32 Å². The normalized spacial score (nSPS) is 17.0. The molecule has 3 rings (SSSR count). The van der Waals surface area contributed by atoms with E-state index >= 15 is 0 Å². The molecule has 0 radical (unpaired) electrons. The Balaban J connectivity index is 1.74. The Morgan fingerprint density at radius 2 is 1.82 bits per heavy atom. The fraction of sp³-hybridized carbons (Fsp3) is 0.0588. The van der Waals surface area contributed by atoms with Crippen molar-refractivity contribution >= 4 is 64.0 Å². The van der Waals surface area contributed by atoms with Crippen LogP contribution in [-0.2, 0) is 9.59 Å². The van der Waals surface area contributed by atoms with Crippen molar-refractivity contribution in [3.63, 3.8) is 0 Å². The predicted octanol–water partition coefficient (Wildman–Crippen LogP) is 2.71. The molecule has 11 heteroatoms. The summed E-state index contributed by atoms with van der Waals surface area (Å²) in [6, 6.07) is 11.9. The van der Waals surface area contributed by atoms with Crippen molar-refractivity contribution in [1.29, 1.82) is 0 Å². The number of rotatable bonds is 5. The molecular weight excluding hydrogens is 406 g/mol. The largest absolute Gasteiger partial charge is 0.301 e. The highest BCUT2D eigenvalue weighted by atomic mass is 35.5. The van der Waals surface area contributed by atoms with E-state index < -0.39 is 22.7 Å². The quantitative estimate of drug-likeness (QED) is 0.254. The van der Waals surface area contributed by atoms with E-state index in [-0.39, 0.29) is 10.8 Å². The number of carbonyl (C=O) groups excluding carboxylic acids is 2. The lowest BCUT2D eigenvalue weighted by atomic mass is 10.1. The molecule has 2 aromatic carbocycles. The van der Waals surface area contributed by atoms with Gasteiger partial charge >= 0.3 is 0 Å². The van der Waals surface area contributed by atoms with Gasteiger partial charge in [-0.05, 0) is 48.6 Å². The number of amides is 2. The first kappa shape index (κ1) is 19.4. The number of anilines is 2. The van der Waals surface area contributed by atoms with Crippen molar-refractivity contribution in [3.8, 4) is 0 Å². The van der Waals surface area contributed by atoms with Gasteiger partial charge in [0, 0.05) is 23.4 Å². The molecule has 0 aromatic heterocycles. The van der Waals surface area contributed by atoms with Gasteiger partial charge in [0.25, 0.3) is 11.6 Å². The Labute approximate surface area is 169 Å². The molecule has 0 aliphatic carbocycles. The minimum Gasteiger partial charge on any atom is -0.301 e. The predicted molar refractivity (Wildman–Crippen MR) is 108 cm³/mol. The summed E-state index contributed by atoms with van der Waals surface area (Å²) < 4.78 is 0. The van der Waals surface area contributed by atoms with E-state index in [4.69, 9.17) is 23.8 Å². The molecule has 0 saturated carbocycles. The van der Waals surface area contributed by atoms with E-state index in [0.717, 1.165) is 6.21 Å². The summed E-state index contributed by atoms with van der Waals surface area (Å²) in [7, 11) is 0. The van der Waals surface area contributed by atoms with E-state index in [2.05, 4.69) is 15.8 Å².